The van der Waals surface area contributed by atoms with Gasteiger partial charge in [0.15, 0.2) is 0 Å². The fraction of sp³-hybridized carbons (Fsp3) is 0.0952. The van der Waals surface area contributed by atoms with Crippen molar-refractivity contribution in [2.24, 2.45) is 4.99 Å². The number of hydrogen-bond donors (Lipinski definition) is 0. The van der Waals surface area contributed by atoms with Gasteiger partial charge in [0, 0.05) is 22.9 Å². The minimum Gasteiger partial charge on any atom is -0.449 e. The third kappa shape index (κ3) is 4.79. The Bertz CT molecular complexity index is 1180. The molecule has 0 heterocycles. The first-order chi connectivity index (χ1) is 14.2. The van der Waals surface area contributed by atoms with E-state index in [9.17, 15) is 20.2 Å². The van der Waals surface area contributed by atoms with Gasteiger partial charge in [-0.2, -0.15) is 0 Å². The van der Waals surface area contributed by atoms with Gasteiger partial charge in [-0.3, -0.25) is 25.2 Å². The second-order valence-electron chi connectivity index (χ2n) is 6.48. The minimum atomic E-state index is -0.735. The van der Waals surface area contributed by atoms with Crippen LogP contribution >= 0.6 is 11.6 Å². The summed E-state index contributed by atoms with van der Waals surface area (Å²) in [5, 5.41) is 22.7. The lowest BCUT2D eigenvalue weighted by atomic mass is 10.1. The Labute approximate surface area is 176 Å². The average molecular weight is 426 g/mol. The number of nitro benzene ring substituents is 2. The second-order valence-corrected chi connectivity index (χ2v) is 6.91. The largest absolute Gasteiger partial charge is 0.449 e. The molecule has 0 unspecified atom stereocenters. The van der Waals surface area contributed by atoms with Crippen LogP contribution in [0.25, 0.3) is 0 Å². The summed E-state index contributed by atoms with van der Waals surface area (Å²) in [6.07, 6.45) is 1.54. The maximum Gasteiger partial charge on any atom is 0.318 e. The predicted molar refractivity (Wildman–Crippen MR) is 114 cm³/mol. The van der Waals surface area contributed by atoms with Crippen LogP contribution in [0.3, 0.4) is 0 Å². The molecule has 0 saturated carbocycles. The van der Waals surface area contributed by atoms with E-state index in [4.69, 9.17) is 16.3 Å². The summed E-state index contributed by atoms with van der Waals surface area (Å²) in [5.74, 6) is 0.137. The Hall–Kier alpha value is -3.78. The van der Waals surface area contributed by atoms with Gasteiger partial charge in [-0.15, -0.1) is 0 Å². The van der Waals surface area contributed by atoms with E-state index >= 15 is 0 Å². The highest BCUT2D eigenvalue weighted by molar-refractivity contribution is 6.30. The van der Waals surface area contributed by atoms with E-state index in [2.05, 4.69) is 4.99 Å². The quantitative estimate of drug-likeness (QED) is 0.261. The summed E-state index contributed by atoms with van der Waals surface area (Å²) < 4.78 is 5.71. The molecular formula is C21H16ClN3O5. The number of aliphatic imine (C=N–C) groups is 1. The number of aryl methyl sites for hydroxylation is 2. The first kappa shape index (κ1) is 20.9. The van der Waals surface area contributed by atoms with E-state index in [0.717, 1.165) is 28.9 Å². The van der Waals surface area contributed by atoms with Crippen molar-refractivity contribution in [1.29, 1.82) is 0 Å². The van der Waals surface area contributed by atoms with Crippen molar-refractivity contribution in [2.75, 3.05) is 0 Å². The fourth-order valence-corrected chi connectivity index (χ4v) is 2.81. The van der Waals surface area contributed by atoms with Crippen molar-refractivity contribution in [3.63, 3.8) is 0 Å². The highest BCUT2D eigenvalue weighted by Gasteiger charge is 2.21. The topological polar surface area (TPSA) is 108 Å². The first-order valence-electron chi connectivity index (χ1n) is 8.76. The zero-order valence-corrected chi connectivity index (χ0v) is 16.8. The summed E-state index contributed by atoms with van der Waals surface area (Å²) in [6.45, 7) is 3.98. The van der Waals surface area contributed by atoms with Crippen molar-refractivity contribution in [1.82, 2.24) is 0 Å². The smallest absolute Gasteiger partial charge is 0.318 e. The molecule has 3 rings (SSSR count). The molecule has 0 aliphatic rings. The fourth-order valence-electron chi connectivity index (χ4n) is 2.63. The molecule has 0 atom stereocenters. The van der Waals surface area contributed by atoms with Gasteiger partial charge in [0.2, 0.25) is 5.75 Å². The number of nitrogens with zero attached hydrogens (tertiary/aromatic N) is 3. The van der Waals surface area contributed by atoms with Crippen molar-refractivity contribution in [3.05, 3.63) is 96.5 Å². The summed E-state index contributed by atoms with van der Waals surface area (Å²) in [4.78, 5) is 25.3. The zero-order valence-electron chi connectivity index (χ0n) is 16.0. The molecule has 0 fully saturated rings. The molecule has 3 aromatic rings. The zero-order chi connectivity index (χ0) is 21.8. The molecule has 0 saturated heterocycles. The standard InChI is InChI=1S/C21H16ClN3O5/c1-13-3-5-17(9-14(13)2)23-12-15-10-16(22)4-7-20(15)30-21-8-6-18(24(26)27)11-19(21)25(28)29/h3-12H,1-2H3. The summed E-state index contributed by atoms with van der Waals surface area (Å²) in [5.41, 5.74) is 2.54. The minimum absolute atomic E-state index is 0.131. The highest BCUT2D eigenvalue weighted by Crippen LogP contribution is 2.36. The van der Waals surface area contributed by atoms with Crippen LogP contribution in [0.5, 0.6) is 11.5 Å². The molecule has 30 heavy (non-hydrogen) atoms. The van der Waals surface area contributed by atoms with Gasteiger partial charge >= 0.3 is 5.69 Å². The average Bonchev–Trinajstić information content (AvgIpc) is 2.70. The molecular weight excluding hydrogens is 410 g/mol. The predicted octanol–water partition coefficient (Wildman–Crippen LogP) is 6.32. The van der Waals surface area contributed by atoms with E-state index in [-0.39, 0.29) is 11.5 Å². The number of benzene rings is 3. The van der Waals surface area contributed by atoms with Crippen molar-refractivity contribution < 1.29 is 14.6 Å². The number of rotatable bonds is 6. The van der Waals surface area contributed by atoms with Crippen LogP contribution in [-0.4, -0.2) is 16.1 Å². The van der Waals surface area contributed by atoms with Crippen molar-refractivity contribution in [3.8, 4) is 11.5 Å². The third-order valence-corrected chi connectivity index (χ3v) is 4.62. The summed E-state index contributed by atoms with van der Waals surface area (Å²) in [7, 11) is 0. The Morgan fingerprint density at radius 2 is 1.63 bits per heavy atom. The van der Waals surface area contributed by atoms with E-state index in [0.29, 0.717) is 10.6 Å². The molecule has 0 spiro atoms. The Balaban J connectivity index is 1.98. The lowest BCUT2D eigenvalue weighted by Gasteiger charge is -2.09. The molecule has 3 aromatic carbocycles. The van der Waals surface area contributed by atoms with Gasteiger partial charge < -0.3 is 4.74 Å². The van der Waals surface area contributed by atoms with E-state index in [1.807, 2.05) is 32.0 Å². The lowest BCUT2D eigenvalue weighted by molar-refractivity contribution is -0.394. The van der Waals surface area contributed by atoms with Gasteiger partial charge in [0.1, 0.15) is 5.75 Å². The Morgan fingerprint density at radius 1 is 0.900 bits per heavy atom. The molecule has 0 bridgehead atoms. The number of non-ortho nitro benzene ring substituents is 1. The molecule has 0 aromatic heterocycles. The first-order valence-corrected chi connectivity index (χ1v) is 9.14. The molecule has 0 aliphatic heterocycles. The van der Waals surface area contributed by atoms with Crippen LogP contribution in [0.2, 0.25) is 5.02 Å². The van der Waals surface area contributed by atoms with Crippen LogP contribution in [0, 0.1) is 34.1 Å². The SMILES string of the molecule is Cc1ccc(N=Cc2cc(Cl)ccc2Oc2ccc([N+](=O)[O-])cc2[N+](=O)[O-])cc1C. The molecule has 9 heteroatoms. The van der Waals surface area contributed by atoms with E-state index in [1.54, 1.807) is 24.4 Å². The third-order valence-electron chi connectivity index (χ3n) is 4.38. The Kier molecular flexibility index (Phi) is 6.08. The molecule has 0 aliphatic carbocycles. The lowest BCUT2D eigenvalue weighted by Crippen LogP contribution is -1.97. The summed E-state index contributed by atoms with van der Waals surface area (Å²) >= 11 is 6.08. The van der Waals surface area contributed by atoms with Gasteiger partial charge in [-0.1, -0.05) is 17.7 Å². The van der Waals surface area contributed by atoms with E-state index in [1.165, 1.54) is 6.07 Å². The van der Waals surface area contributed by atoms with Gasteiger partial charge in [-0.05, 0) is 61.4 Å². The summed E-state index contributed by atoms with van der Waals surface area (Å²) in [6, 6.07) is 13.7. The maximum absolute atomic E-state index is 11.4. The van der Waals surface area contributed by atoms with Crippen LogP contribution in [-0.2, 0) is 0 Å². The second kappa shape index (κ2) is 8.71. The number of nitro groups is 2. The van der Waals surface area contributed by atoms with Gasteiger partial charge in [0.05, 0.1) is 21.6 Å². The molecule has 0 N–H and O–H groups in total. The highest BCUT2D eigenvalue weighted by atomic mass is 35.5. The number of halogens is 1. The van der Waals surface area contributed by atoms with Gasteiger partial charge in [0.25, 0.3) is 5.69 Å². The van der Waals surface area contributed by atoms with Crippen LogP contribution in [0.1, 0.15) is 16.7 Å². The number of hydrogen-bond acceptors (Lipinski definition) is 6. The van der Waals surface area contributed by atoms with Crippen molar-refractivity contribution in [2.45, 2.75) is 13.8 Å². The number of ether oxygens (including phenoxy) is 1. The maximum atomic E-state index is 11.4. The van der Waals surface area contributed by atoms with Crippen LogP contribution < -0.4 is 4.74 Å². The van der Waals surface area contributed by atoms with Crippen LogP contribution in [0.15, 0.2) is 59.6 Å². The molecule has 0 amide bonds. The van der Waals surface area contributed by atoms with E-state index < -0.39 is 21.2 Å². The van der Waals surface area contributed by atoms with Crippen LogP contribution in [0.4, 0.5) is 17.1 Å². The molecule has 8 nitrogen and oxygen atoms in total. The molecule has 152 valence electrons. The normalized spacial score (nSPS) is 10.9. The Morgan fingerprint density at radius 3 is 2.30 bits per heavy atom. The van der Waals surface area contributed by atoms with Crippen molar-refractivity contribution >= 4 is 34.9 Å². The monoisotopic (exact) mass is 425 g/mol. The van der Waals surface area contributed by atoms with Gasteiger partial charge in [-0.25, -0.2) is 0 Å². The molecule has 0 radical (unpaired) electrons.